The topological polar surface area (TPSA) is 125 Å². The Labute approximate surface area is 261 Å². The van der Waals surface area contributed by atoms with Gasteiger partial charge in [0.25, 0.3) is 5.91 Å². The van der Waals surface area contributed by atoms with E-state index < -0.39 is 11.7 Å². The molecule has 0 bridgehead atoms. The molecule has 0 saturated heterocycles. The van der Waals surface area contributed by atoms with Crippen LogP contribution >= 0.6 is 0 Å². The van der Waals surface area contributed by atoms with Crippen molar-refractivity contribution in [3.05, 3.63) is 102 Å². The van der Waals surface area contributed by atoms with Crippen molar-refractivity contribution < 1.29 is 23.8 Å². The smallest absolute Gasteiger partial charge is 0.412 e. The van der Waals surface area contributed by atoms with Crippen LogP contribution in [0.2, 0.25) is 0 Å². The number of aromatic nitrogens is 3. The predicted octanol–water partition coefficient (Wildman–Crippen LogP) is 7.23. The molecule has 10 nitrogen and oxygen atoms in total. The molecular formula is C35H35N5O5. The van der Waals surface area contributed by atoms with Gasteiger partial charge in [0.05, 0.1) is 25.1 Å². The summed E-state index contributed by atoms with van der Waals surface area (Å²) in [4.78, 5) is 38.5. The van der Waals surface area contributed by atoms with Crippen LogP contribution in [-0.2, 0) is 11.2 Å². The van der Waals surface area contributed by atoms with Gasteiger partial charge in [-0.1, -0.05) is 24.3 Å². The summed E-state index contributed by atoms with van der Waals surface area (Å²) >= 11 is 0. The highest BCUT2D eigenvalue weighted by molar-refractivity contribution is 6.06. The number of nitrogens with zero attached hydrogens (tertiary/aromatic N) is 3. The molecule has 0 unspecified atom stereocenters. The average Bonchev–Trinajstić information content (AvgIpc) is 3.01. The molecule has 2 amide bonds. The molecule has 0 radical (unpaired) electrons. The van der Waals surface area contributed by atoms with Crippen molar-refractivity contribution >= 4 is 34.3 Å². The van der Waals surface area contributed by atoms with E-state index in [4.69, 9.17) is 14.2 Å². The number of benzene rings is 3. The number of anilines is 2. The van der Waals surface area contributed by atoms with E-state index in [0.717, 1.165) is 33.3 Å². The second-order valence-electron chi connectivity index (χ2n) is 11.3. The quantitative estimate of drug-likeness (QED) is 0.180. The number of hydrogen-bond acceptors (Lipinski definition) is 8. The molecule has 2 N–H and O–H groups in total. The zero-order valence-electron chi connectivity index (χ0n) is 25.9. The Bertz CT molecular complexity index is 1820. The maximum Gasteiger partial charge on any atom is 0.412 e. The average molecular weight is 606 g/mol. The number of carbonyl (C=O) groups excluding carboxylic acids is 2. The van der Waals surface area contributed by atoms with Crippen LogP contribution in [0.15, 0.2) is 85.3 Å². The second kappa shape index (κ2) is 13.4. The van der Waals surface area contributed by atoms with E-state index in [1.165, 1.54) is 6.33 Å². The number of fused-ring (bicyclic) bond motifs is 1. The molecule has 2 heterocycles. The number of methoxy groups -OCH3 is 1. The molecule has 5 rings (SSSR count). The maximum absolute atomic E-state index is 13.0. The van der Waals surface area contributed by atoms with Gasteiger partial charge in [-0.05, 0) is 81.3 Å². The number of rotatable bonds is 9. The first-order valence-corrected chi connectivity index (χ1v) is 14.5. The lowest BCUT2D eigenvalue weighted by Crippen LogP contribution is -2.27. The summed E-state index contributed by atoms with van der Waals surface area (Å²) in [5.41, 5.74) is 5.18. The van der Waals surface area contributed by atoms with Gasteiger partial charge in [-0.15, -0.1) is 0 Å². The molecule has 3 aromatic carbocycles. The molecule has 0 atom stereocenters. The molecule has 0 aliphatic rings. The fourth-order valence-electron chi connectivity index (χ4n) is 4.62. The highest BCUT2D eigenvalue weighted by atomic mass is 16.6. The van der Waals surface area contributed by atoms with Crippen molar-refractivity contribution in [2.75, 3.05) is 24.4 Å². The Morgan fingerprint density at radius 2 is 1.58 bits per heavy atom. The Morgan fingerprint density at radius 3 is 2.24 bits per heavy atom. The highest BCUT2D eigenvalue weighted by Crippen LogP contribution is 2.33. The lowest BCUT2D eigenvalue weighted by atomic mass is 10.0. The van der Waals surface area contributed by atoms with Gasteiger partial charge in [0, 0.05) is 40.9 Å². The summed E-state index contributed by atoms with van der Waals surface area (Å²) in [6.07, 6.45) is 3.31. The van der Waals surface area contributed by atoms with E-state index >= 15 is 0 Å². The number of nitrogens with one attached hydrogen (secondary N) is 2. The minimum Gasteiger partial charge on any atom is -0.491 e. The Morgan fingerprint density at radius 1 is 0.844 bits per heavy atom. The number of ether oxygens (including phenoxy) is 3. The van der Waals surface area contributed by atoms with Crippen LogP contribution in [-0.4, -0.2) is 46.3 Å². The van der Waals surface area contributed by atoms with Gasteiger partial charge in [0.15, 0.2) is 0 Å². The fourth-order valence-corrected chi connectivity index (χ4v) is 4.62. The Balaban J connectivity index is 1.24. The molecule has 230 valence electrons. The fraction of sp³-hybridized carbons (Fsp3) is 0.229. The number of pyridine rings is 1. The van der Waals surface area contributed by atoms with E-state index in [2.05, 4.69) is 25.6 Å². The molecule has 0 saturated carbocycles. The molecule has 0 spiro atoms. The first-order valence-electron chi connectivity index (χ1n) is 14.5. The summed E-state index contributed by atoms with van der Waals surface area (Å²) in [6, 6.07) is 22.0. The number of aryl methyl sites for hydroxylation is 1. The monoisotopic (exact) mass is 605 g/mol. The van der Waals surface area contributed by atoms with Crippen molar-refractivity contribution in [2.45, 2.75) is 39.7 Å². The molecule has 0 aliphatic carbocycles. The second-order valence-corrected chi connectivity index (χ2v) is 11.3. The van der Waals surface area contributed by atoms with E-state index in [1.807, 2.05) is 43.3 Å². The highest BCUT2D eigenvalue weighted by Gasteiger charge is 2.18. The number of hydrogen-bond donors (Lipinski definition) is 2. The minimum absolute atomic E-state index is 0.303. The number of para-hydroxylation sites is 2. The van der Waals surface area contributed by atoms with E-state index in [-0.39, 0.29) is 5.91 Å². The lowest BCUT2D eigenvalue weighted by Gasteiger charge is -2.20. The van der Waals surface area contributed by atoms with Gasteiger partial charge in [-0.2, -0.15) is 0 Å². The van der Waals surface area contributed by atoms with Gasteiger partial charge in [-0.25, -0.2) is 19.7 Å². The Kier molecular flexibility index (Phi) is 9.22. The number of amides is 2. The standard InChI is InChI=1S/C35H35N5O5/c1-22-27-18-26(25-14-15-31(43-5)36-20-25)19-30(32(27)38-21-37-22)44-17-16-23-10-12-24(13-11-23)33(41)39-28-8-6-7-9-29(28)40-34(42)45-35(2,3)4/h6-15,18-21H,16-17H2,1-5H3,(H,39,41)(H,40,42). The van der Waals surface area contributed by atoms with Crippen LogP contribution < -0.4 is 20.1 Å². The van der Waals surface area contributed by atoms with Gasteiger partial charge in [0.2, 0.25) is 5.88 Å². The summed E-state index contributed by atoms with van der Waals surface area (Å²) in [5.74, 6) is 0.889. The summed E-state index contributed by atoms with van der Waals surface area (Å²) in [7, 11) is 1.58. The third kappa shape index (κ3) is 7.91. The summed E-state index contributed by atoms with van der Waals surface area (Å²) in [5, 5.41) is 6.47. The lowest BCUT2D eigenvalue weighted by molar-refractivity contribution is 0.0635. The van der Waals surface area contributed by atoms with Gasteiger partial charge < -0.3 is 19.5 Å². The largest absolute Gasteiger partial charge is 0.491 e. The van der Waals surface area contributed by atoms with Crippen LogP contribution in [0.4, 0.5) is 16.2 Å². The molecule has 5 aromatic rings. The molecular weight excluding hydrogens is 570 g/mol. The first-order chi connectivity index (χ1) is 21.6. The predicted molar refractivity (Wildman–Crippen MR) is 174 cm³/mol. The van der Waals surface area contributed by atoms with Gasteiger partial charge in [0.1, 0.15) is 23.2 Å². The van der Waals surface area contributed by atoms with Crippen molar-refractivity contribution in [2.24, 2.45) is 0 Å². The van der Waals surface area contributed by atoms with Crippen molar-refractivity contribution in [3.63, 3.8) is 0 Å². The first kappa shape index (κ1) is 30.9. The normalized spacial score (nSPS) is 11.1. The Hall–Kier alpha value is -5.51. The zero-order chi connectivity index (χ0) is 32.0. The van der Waals surface area contributed by atoms with Crippen molar-refractivity contribution in [1.82, 2.24) is 15.0 Å². The third-order valence-corrected chi connectivity index (χ3v) is 6.86. The summed E-state index contributed by atoms with van der Waals surface area (Å²) in [6.45, 7) is 7.70. The van der Waals surface area contributed by atoms with Crippen LogP contribution in [0.3, 0.4) is 0 Å². The molecule has 10 heteroatoms. The van der Waals surface area contributed by atoms with Gasteiger partial charge in [-0.3, -0.25) is 10.1 Å². The van der Waals surface area contributed by atoms with E-state index in [0.29, 0.717) is 41.6 Å². The molecule has 2 aromatic heterocycles. The van der Waals surface area contributed by atoms with Crippen LogP contribution in [0, 0.1) is 6.92 Å². The van der Waals surface area contributed by atoms with E-state index in [9.17, 15) is 9.59 Å². The van der Waals surface area contributed by atoms with Crippen LogP contribution in [0.1, 0.15) is 42.4 Å². The zero-order valence-corrected chi connectivity index (χ0v) is 25.9. The minimum atomic E-state index is -0.644. The van der Waals surface area contributed by atoms with Crippen LogP contribution in [0.5, 0.6) is 11.6 Å². The molecule has 45 heavy (non-hydrogen) atoms. The molecule has 0 aliphatic heterocycles. The van der Waals surface area contributed by atoms with Crippen molar-refractivity contribution in [3.8, 4) is 22.8 Å². The van der Waals surface area contributed by atoms with E-state index in [1.54, 1.807) is 70.5 Å². The molecule has 0 fully saturated rings. The number of carbonyl (C=O) groups is 2. The summed E-state index contributed by atoms with van der Waals surface area (Å²) < 4.78 is 16.8. The third-order valence-electron chi connectivity index (χ3n) is 6.86. The van der Waals surface area contributed by atoms with Crippen LogP contribution in [0.25, 0.3) is 22.0 Å². The SMILES string of the molecule is COc1ccc(-c2cc(OCCc3ccc(C(=O)Nc4ccccc4NC(=O)OC(C)(C)C)cc3)c3ncnc(C)c3c2)cn1. The van der Waals surface area contributed by atoms with Crippen molar-refractivity contribution in [1.29, 1.82) is 0 Å². The van der Waals surface area contributed by atoms with Gasteiger partial charge >= 0.3 is 6.09 Å². The maximum atomic E-state index is 13.0.